The Kier molecular flexibility index (Phi) is 3.64. The molecule has 0 aliphatic carbocycles. The van der Waals surface area contributed by atoms with Gasteiger partial charge in [0.15, 0.2) is 5.82 Å². The molecule has 3 aromatic rings. The molecule has 112 valence electrons. The first-order valence-corrected chi connectivity index (χ1v) is 7.93. The summed E-state index contributed by atoms with van der Waals surface area (Å²) in [6, 6.07) is 16.4. The highest BCUT2D eigenvalue weighted by atomic mass is 32.2. The SMILES string of the molecule is O=S(=O)(Nn1ncc(F)c1-c1ccccc1)c1ccccc1. The van der Waals surface area contributed by atoms with Gasteiger partial charge in [0.05, 0.1) is 11.1 Å². The molecule has 5 nitrogen and oxygen atoms in total. The van der Waals surface area contributed by atoms with Crippen LogP contribution in [-0.4, -0.2) is 18.3 Å². The molecule has 0 saturated carbocycles. The van der Waals surface area contributed by atoms with Crippen LogP contribution in [-0.2, 0) is 10.0 Å². The molecule has 7 heteroatoms. The molecular weight excluding hydrogens is 305 g/mol. The fourth-order valence-corrected chi connectivity index (χ4v) is 3.01. The first-order valence-electron chi connectivity index (χ1n) is 6.45. The molecule has 0 amide bonds. The first kappa shape index (κ1) is 14.3. The quantitative estimate of drug-likeness (QED) is 0.804. The van der Waals surface area contributed by atoms with E-state index in [2.05, 4.69) is 9.93 Å². The monoisotopic (exact) mass is 317 g/mol. The number of benzene rings is 2. The summed E-state index contributed by atoms with van der Waals surface area (Å²) >= 11 is 0. The summed E-state index contributed by atoms with van der Waals surface area (Å²) in [5, 5.41) is 3.75. The van der Waals surface area contributed by atoms with Crippen LogP contribution < -0.4 is 4.83 Å². The maximum atomic E-state index is 14.0. The number of rotatable bonds is 4. The topological polar surface area (TPSA) is 64.0 Å². The van der Waals surface area contributed by atoms with Crippen LogP contribution in [0.5, 0.6) is 0 Å². The standard InChI is InChI=1S/C15H12FN3O2S/c16-14-11-17-19(15(14)12-7-3-1-4-8-12)18-22(20,21)13-9-5-2-6-10-13/h1-11,18H. The zero-order chi connectivity index (χ0) is 15.6. The molecule has 0 fully saturated rings. The van der Waals surface area contributed by atoms with E-state index >= 15 is 0 Å². The first-order chi connectivity index (χ1) is 10.6. The van der Waals surface area contributed by atoms with E-state index < -0.39 is 15.8 Å². The minimum atomic E-state index is -3.85. The molecule has 0 spiro atoms. The lowest BCUT2D eigenvalue weighted by molar-refractivity contribution is 0.591. The molecule has 0 saturated heterocycles. The lowest BCUT2D eigenvalue weighted by Crippen LogP contribution is -2.25. The zero-order valence-corrected chi connectivity index (χ0v) is 12.2. The Morgan fingerprint density at radius 1 is 0.955 bits per heavy atom. The Hall–Kier alpha value is -2.67. The average Bonchev–Trinajstić information content (AvgIpc) is 2.89. The summed E-state index contributed by atoms with van der Waals surface area (Å²) in [4.78, 5) is 3.26. The van der Waals surface area contributed by atoms with Gasteiger partial charge in [-0.3, -0.25) is 0 Å². The van der Waals surface area contributed by atoms with Crippen LogP contribution in [0.1, 0.15) is 0 Å². The molecular formula is C15H12FN3O2S. The van der Waals surface area contributed by atoms with Gasteiger partial charge in [0.2, 0.25) is 0 Å². The second-order valence-electron chi connectivity index (χ2n) is 4.53. The normalized spacial score (nSPS) is 11.3. The molecule has 1 heterocycles. The van der Waals surface area contributed by atoms with E-state index in [9.17, 15) is 12.8 Å². The number of sulfonamides is 1. The summed E-state index contributed by atoms with van der Waals surface area (Å²) < 4.78 is 38.6. The molecule has 0 radical (unpaired) electrons. The summed E-state index contributed by atoms with van der Waals surface area (Å²) in [5.74, 6) is -0.609. The number of halogens is 1. The minimum Gasteiger partial charge on any atom is -0.203 e. The maximum absolute atomic E-state index is 14.0. The van der Waals surface area contributed by atoms with Gasteiger partial charge in [-0.05, 0) is 12.1 Å². The van der Waals surface area contributed by atoms with Gasteiger partial charge in [0.25, 0.3) is 10.0 Å². The Bertz CT molecular complexity index is 878. The Labute approximate surface area is 127 Å². The van der Waals surface area contributed by atoms with Gasteiger partial charge < -0.3 is 0 Å². The van der Waals surface area contributed by atoms with Gasteiger partial charge in [-0.2, -0.15) is 23.1 Å². The van der Waals surface area contributed by atoms with E-state index in [4.69, 9.17) is 0 Å². The smallest absolute Gasteiger partial charge is 0.203 e. The van der Waals surface area contributed by atoms with E-state index in [0.717, 1.165) is 11.0 Å². The predicted molar refractivity (Wildman–Crippen MR) is 80.6 cm³/mol. The van der Waals surface area contributed by atoms with Gasteiger partial charge in [-0.25, -0.2) is 4.39 Å². The second kappa shape index (κ2) is 5.61. The molecule has 0 unspecified atom stereocenters. The van der Waals surface area contributed by atoms with E-state index in [1.54, 1.807) is 48.5 Å². The molecule has 2 aromatic carbocycles. The lowest BCUT2D eigenvalue weighted by atomic mass is 10.1. The van der Waals surface area contributed by atoms with Crippen LogP contribution in [0.25, 0.3) is 11.3 Å². The molecule has 0 aliphatic heterocycles. The molecule has 1 aromatic heterocycles. The molecule has 0 aliphatic rings. The molecule has 0 bridgehead atoms. The summed E-state index contributed by atoms with van der Waals surface area (Å²) in [5.41, 5.74) is 0.577. The average molecular weight is 317 g/mol. The van der Waals surface area contributed by atoms with Crippen molar-refractivity contribution in [2.24, 2.45) is 0 Å². The van der Waals surface area contributed by atoms with E-state index in [-0.39, 0.29) is 10.6 Å². The van der Waals surface area contributed by atoms with Gasteiger partial charge in [-0.15, -0.1) is 0 Å². The third-order valence-electron chi connectivity index (χ3n) is 3.03. The Balaban J connectivity index is 2.01. The molecule has 22 heavy (non-hydrogen) atoms. The number of nitrogens with zero attached hydrogens (tertiary/aromatic N) is 2. The predicted octanol–water partition coefficient (Wildman–Crippen LogP) is 2.62. The van der Waals surface area contributed by atoms with Crippen molar-refractivity contribution in [2.45, 2.75) is 4.90 Å². The number of hydrogen-bond donors (Lipinski definition) is 1. The van der Waals surface area contributed by atoms with Crippen LogP contribution in [0.15, 0.2) is 71.8 Å². The van der Waals surface area contributed by atoms with Crippen molar-refractivity contribution >= 4 is 10.0 Å². The highest BCUT2D eigenvalue weighted by Gasteiger charge is 2.19. The van der Waals surface area contributed by atoms with Crippen molar-refractivity contribution < 1.29 is 12.8 Å². The maximum Gasteiger partial charge on any atom is 0.276 e. The fraction of sp³-hybridized carbons (Fsp3) is 0. The number of nitrogens with one attached hydrogen (secondary N) is 1. The molecule has 1 N–H and O–H groups in total. The van der Waals surface area contributed by atoms with Crippen LogP contribution >= 0.6 is 0 Å². The lowest BCUT2D eigenvalue weighted by Gasteiger charge is -2.11. The van der Waals surface area contributed by atoms with Crippen molar-refractivity contribution in [3.05, 3.63) is 72.7 Å². The van der Waals surface area contributed by atoms with Gasteiger partial charge in [0, 0.05) is 5.56 Å². The number of aromatic nitrogens is 2. The van der Waals surface area contributed by atoms with E-state index in [1.807, 2.05) is 0 Å². The van der Waals surface area contributed by atoms with Crippen LogP contribution in [0.3, 0.4) is 0 Å². The third-order valence-corrected chi connectivity index (χ3v) is 4.34. The highest BCUT2D eigenvalue weighted by Crippen LogP contribution is 2.22. The molecule has 3 rings (SSSR count). The van der Waals surface area contributed by atoms with Crippen molar-refractivity contribution in [1.82, 2.24) is 9.89 Å². The number of hydrogen-bond acceptors (Lipinski definition) is 3. The van der Waals surface area contributed by atoms with Crippen molar-refractivity contribution in [1.29, 1.82) is 0 Å². The summed E-state index contributed by atoms with van der Waals surface area (Å²) in [6.45, 7) is 0. The van der Waals surface area contributed by atoms with E-state index in [1.165, 1.54) is 12.1 Å². The van der Waals surface area contributed by atoms with Crippen LogP contribution in [0, 0.1) is 5.82 Å². The van der Waals surface area contributed by atoms with Gasteiger partial charge >= 0.3 is 0 Å². The Morgan fingerprint density at radius 2 is 1.55 bits per heavy atom. The van der Waals surface area contributed by atoms with Gasteiger partial charge in [-0.1, -0.05) is 48.5 Å². The highest BCUT2D eigenvalue weighted by molar-refractivity contribution is 7.92. The largest absolute Gasteiger partial charge is 0.276 e. The Morgan fingerprint density at radius 3 is 2.18 bits per heavy atom. The van der Waals surface area contributed by atoms with Crippen molar-refractivity contribution in [3.8, 4) is 11.3 Å². The van der Waals surface area contributed by atoms with Crippen LogP contribution in [0.2, 0.25) is 0 Å². The second-order valence-corrected chi connectivity index (χ2v) is 6.19. The summed E-state index contributed by atoms with van der Waals surface area (Å²) in [6.07, 6.45) is 0.968. The van der Waals surface area contributed by atoms with Crippen LogP contribution in [0.4, 0.5) is 4.39 Å². The molecule has 0 atom stereocenters. The van der Waals surface area contributed by atoms with E-state index in [0.29, 0.717) is 5.56 Å². The van der Waals surface area contributed by atoms with Gasteiger partial charge in [0.1, 0.15) is 5.69 Å². The fourth-order valence-electron chi connectivity index (χ4n) is 2.02. The zero-order valence-electron chi connectivity index (χ0n) is 11.3. The summed E-state index contributed by atoms with van der Waals surface area (Å²) in [7, 11) is -3.85. The third kappa shape index (κ3) is 2.71. The minimum absolute atomic E-state index is 0.0557. The van der Waals surface area contributed by atoms with Crippen molar-refractivity contribution in [3.63, 3.8) is 0 Å². The van der Waals surface area contributed by atoms with Crippen molar-refractivity contribution in [2.75, 3.05) is 4.83 Å².